The van der Waals surface area contributed by atoms with E-state index in [9.17, 15) is 4.39 Å². The zero-order chi connectivity index (χ0) is 17.2. The zero-order valence-corrected chi connectivity index (χ0v) is 14.0. The number of rotatable bonds is 3. The first kappa shape index (κ1) is 15.8. The highest BCUT2D eigenvalue weighted by Crippen LogP contribution is 2.25. The Morgan fingerprint density at radius 1 is 1.12 bits per heavy atom. The molecule has 0 saturated carbocycles. The van der Waals surface area contributed by atoms with Crippen LogP contribution in [0.4, 0.5) is 10.2 Å². The molecule has 1 saturated heterocycles. The third-order valence-electron chi connectivity index (χ3n) is 4.30. The zero-order valence-electron chi connectivity index (χ0n) is 14.0. The van der Waals surface area contributed by atoms with Crippen LogP contribution in [0.15, 0.2) is 54.9 Å². The molecule has 0 radical (unpaired) electrons. The molecule has 0 unspecified atom stereocenters. The van der Waals surface area contributed by atoms with Crippen molar-refractivity contribution in [3.8, 4) is 5.82 Å². The molecule has 0 amide bonds. The Kier molecular flexibility index (Phi) is 4.19. The Morgan fingerprint density at radius 2 is 1.92 bits per heavy atom. The van der Waals surface area contributed by atoms with Gasteiger partial charge in [-0.25, -0.2) is 14.1 Å². The van der Waals surface area contributed by atoms with Crippen LogP contribution in [0, 0.1) is 12.7 Å². The first-order chi connectivity index (χ1) is 12.2. The lowest BCUT2D eigenvalue weighted by Crippen LogP contribution is -2.39. The van der Waals surface area contributed by atoms with Gasteiger partial charge in [0.1, 0.15) is 17.7 Å². The fourth-order valence-electron chi connectivity index (χ4n) is 2.99. The van der Waals surface area contributed by atoms with E-state index in [2.05, 4.69) is 10.00 Å². The number of pyridine rings is 1. The van der Waals surface area contributed by atoms with E-state index in [0.717, 1.165) is 29.3 Å². The number of aryl methyl sites for hydroxylation is 1. The van der Waals surface area contributed by atoms with Gasteiger partial charge in [-0.1, -0.05) is 18.2 Å². The van der Waals surface area contributed by atoms with Crippen molar-refractivity contribution < 1.29 is 9.13 Å². The molecule has 0 N–H and O–H groups in total. The predicted octanol–water partition coefficient (Wildman–Crippen LogP) is 3.29. The van der Waals surface area contributed by atoms with Crippen molar-refractivity contribution >= 4 is 5.82 Å². The average molecular weight is 338 g/mol. The van der Waals surface area contributed by atoms with Gasteiger partial charge in [-0.05, 0) is 42.3 Å². The molecule has 3 heterocycles. The summed E-state index contributed by atoms with van der Waals surface area (Å²) >= 11 is 0. The third kappa shape index (κ3) is 3.39. The van der Waals surface area contributed by atoms with Gasteiger partial charge < -0.3 is 9.64 Å². The van der Waals surface area contributed by atoms with Gasteiger partial charge in [-0.2, -0.15) is 5.10 Å². The van der Waals surface area contributed by atoms with E-state index in [0.29, 0.717) is 13.2 Å². The summed E-state index contributed by atoms with van der Waals surface area (Å²) in [5.41, 5.74) is 2.07. The van der Waals surface area contributed by atoms with Crippen LogP contribution in [0.5, 0.6) is 0 Å². The van der Waals surface area contributed by atoms with Crippen molar-refractivity contribution in [2.75, 3.05) is 24.6 Å². The summed E-state index contributed by atoms with van der Waals surface area (Å²) < 4.78 is 20.8. The van der Waals surface area contributed by atoms with Crippen LogP contribution in [0.3, 0.4) is 0 Å². The fourth-order valence-corrected chi connectivity index (χ4v) is 2.99. The standard InChI is InChI=1S/C19H19FN4O/c1-14-11-21-24(12-14)19-4-2-3-18(22-19)23-9-10-25-17(13-23)15-5-7-16(20)8-6-15/h2-8,11-12,17H,9-10,13H2,1H3/t17-/m1/s1. The second-order valence-electron chi connectivity index (χ2n) is 6.17. The molecule has 128 valence electrons. The largest absolute Gasteiger partial charge is 0.370 e. The topological polar surface area (TPSA) is 43.2 Å². The third-order valence-corrected chi connectivity index (χ3v) is 4.30. The van der Waals surface area contributed by atoms with Gasteiger partial charge >= 0.3 is 0 Å². The number of hydrogen-bond donors (Lipinski definition) is 0. The van der Waals surface area contributed by atoms with Crippen LogP contribution < -0.4 is 4.90 Å². The van der Waals surface area contributed by atoms with E-state index >= 15 is 0 Å². The van der Waals surface area contributed by atoms with E-state index in [1.807, 2.05) is 37.5 Å². The predicted molar refractivity (Wildman–Crippen MR) is 93.4 cm³/mol. The molecule has 1 aromatic carbocycles. The van der Waals surface area contributed by atoms with Crippen LogP contribution in [-0.2, 0) is 4.74 Å². The smallest absolute Gasteiger partial charge is 0.155 e. The van der Waals surface area contributed by atoms with Crippen LogP contribution in [0.2, 0.25) is 0 Å². The Bertz CT molecular complexity index is 862. The van der Waals surface area contributed by atoms with E-state index in [4.69, 9.17) is 9.72 Å². The Hall–Kier alpha value is -2.73. The van der Waals surface area contributed by atoms with E-state index < -0.39 is 0 Å². The van der Waals surface area contributed by atoms with E-state index in [-0.39, 0.29) is 11.9 Å². The number of halogens is 1. The summed E-state index contributed by atoms with van der Waals surface area (Å²) in [6.45, 7) is 4.06. The van der Waals surface area contributed by atoms with Crippen LogP contribution >= 0.6 is 0 Å². The average Bonchev–Trinajstić information content (AvgIpc) is 3.09. The van der Waals surface area contributed by atoms with Crippen molar-refractivity contribution in [1.82, 2.24) is 14.8 Å². The molecule has 1 atom stereocenters. The van der Waals surface area contributed by atoms with E-state index in [1.165, 1.54) is 12.1 Å². The minimum absolute atomic E-state index is 0.0910. The second-order valence-corrected chi connectivity index (χ2v) is 6.17. The minimum atomic E-state index is -0.236. The quantitative estimate of drug-likeness (QED) is 0.735. The molecule has 4 rings (SSSR count). The van der Waals surface area contributed by atoms with Crippen molar-refractivity contribution in [1.29, 1.82) is 0 Å². The maximum Gasteiger partial charge on any atom is 0.155 e. The fraction of sp³-hybridized carbons (Fsp3) is 0.263. The van der Waals surface area contributed by atoms with Crippen molar-refractivity contribution in [3.63, 3.8) is 0 Å². The molecule has 5 nitrogen and oxygen atoms in total. The van der Waals surface area contributed by atoms with Crippen LogP contribution in [-0.4, -0.2) is 34.5 Å². The molecular weight excluding hydrogens is 319 g/mol. The van der Waals surface area contributed by atoms with Gasteiger partial charge in [-0.3, -0.25) is 0 Å². The summed E-state index contributed by atoms with van der Waals surface area (Å²) in [6.07, 6.45) is 3.67. The van der Waals surface area contributed by atoms with Crippen LogP contribution in [0.1, 0.15) is 17.2 Å². The number of aromatic nitrogens is 3. The minimum Gasteiger partial charge on any atom is -0.370 e. The highest BCUT2D eigenvalue weighted by Gasteiger charge is 2.23. The number of ether oxygens (including phenoxy) is 1. The van der Waals surface area contributed by atoms with E-state index in [1.54, 1.807) is 16.8 Å². The lowest BCUT2D eigenvalue weighted by atomic mass is 10.1. The molecule has 25 heavy (non-hydrogen) atoms. The Balaban J connectivity index is 1.56. The lowest BCUT2D eigenvalue weighted by Gasteiger charge is -2.34. The van der Waals surface area contributed by atoms with Gasteiger partial charge in [0.05, 0.1) is 12.8 Å². The number of benzene rings is 1. The van der Waals surface area contributed by atoms with Gasteiger partial charge in [0.25, 0.3) is 0 Å². The Morgan fingerprint density at radius 3 is 2.68 bits per heavy atom. The number of hydrogen-bond acceptors (Lipinski definition) is 4. The molecule has 2 aromatic heterocycles. The van der Waals surface area contributed by atoms with Gasteiger partial charge in [0, 0.05) is 19.3 Å². The number of morpholine rings is 1. The molecule has 3 aromatic rings. The maximum absolute atomic E-state index is 13.1. The lowest BCUT2D eigenvalue weighted by molar-refractivity contribution is 0.0395. The molecule has 0 aliphatic carbocycles. The molecule has 1 fully saturated rings. The normalized spacial score (nSPS) is 17.7. The summed E-state index contributed by atoms with van der Waals surface area (Å²) in [5, 5.41) is 4.32. The SMILES string of the molecule is Cc1cnn(-c2cccc(N3CCO[C@@H](c4ccc(F)cc4)C3)n2)c1. The molecule has 0 spiro atoms. The summed E-state index contributed by atoms with van der Waals surface area (Å²) in [5.74, 6) is 1.44. The number of nitrogens with zero attached hydrogens (tertiary/aromatic N) is 4. The molecule has 6 heteroatoms. The highest BCUT2D eigenvalue weighted by atomic mass is 19.1. The number of anilines is 1. The Labute approximate surface area is 145 Å². The van der Waals surface area contributed by atoms with Crippen molar-refractivity contribution in [2.45, 2.75) is 13.0 Å². The van der Waals surface area contributed by atoms with Crippen molar-refractivity contribution in [3.05, 3.63) is 71.8 Å². The molecule has 1 aliphatic rings. The first-order valence-electron chi connectivity index (χ1n) is 8.30. The second kappa shape index (κ2) is 6.64. The van der Waals surface area contributed by atoms with Gasteiger partial charge in [0.2, 0.25) is 0 Å². The molecular formula is C19H19FN4O. The van der Waals surface area contributed by atoms with Gasteiger partial charge in [-0.15, -0.1) is 0 Å². The maximum atomic E-state index is 13.1. The highest BCUT2D eigenvalue weighted by molar-refractivity contribution is 5.43. The van der Waals surface area contributed by atoms with Crippen LogP contribution in [0.25, 0.3) is 5.82 Å². The monoisotopic (exact) mass is 338 g/mol. The molecule has 0 bridgehead atoms. The van der Waals surface area contributed by atoms with Gasteiger partial charge in [0.15, 0.2) is 5.82 Å². The van der Waals surface area contributed by atoms with Crippen molar-refractivity contribution in [2.24, 2.45) is 0 Å². The summed E-state index contributed by atoms with van der Waals surface area (Å²) in [4.78, 5) is 6.92. The summed E-state index contributed by atoms with van der Waals surface area (Å²) in [7, 11) is 0. The molecule has 1 aliphatic heterocycles. The first-order valence-corrected chi connectivity index (χ1v) is 8.30. The summed E-state index contributed by atoms with van der Waals surface area (Å²) in [6, 6.07) is 12.4.